The highest BCUT2D eigenvalue weighted by Gasteiger charge is 2.27. The van der Waals surface area contributed by atoms with Crippen LogP contribution < -0.4 is 11.1 Å². The molecular formula is C15H27N5. The lowest BCUT2D eigenvalue weighted by Crippen LogP contribution is -2.40. The average molecular weight is 277 g/mol. The molecule has 5 heteroatoms. The SMILES string of the molecule is CC(C)N(CCNc1cc(N)nc(C2CC2)n1)C(C)C. The van der Waals surface area contributed by atoms with Crippen LogP contribution in [-0.4, -0.2) is 40.0 Å². The minimum atomic E-state index is 0.530. The van der Waals surface area contributed by atoms with Gasteiger partial charge in [0.15, 0.2) is 0 Å². The molecule has 0 saturated heterocycles. The molecular weight excluding hydrogens is 250 g/mol. The zero-order valence-electron chi connectivity index (χ0n) is 13.1. The van der Waals surface area contributed by atoms with E-state index in [1.54, 1.807) is 0 Å². The van der Waals surface area contributed by atoms with E-state index >= 15 is 0 Å². The van der Waals surface area contributed by atoms with E-state index in [9.17, 15) is 0 Å². The van der Waals surface area contributed by atoms with Gasteiger partial charge in [0, 0.05) is 37.2 Å². The maximum absolute atomic E-state index is 5.85. The fourth-order valence-electron chi connectivity index (χ4n) is 2.53. The highest BCUT2D eigenvalue weighted by Crippen LogP contribution is 2.38. The molecule has 20 heavy (non-hydrogen) atoms. The number of hydrogen-bond donors (Lipinski definition) is 2. The van der Waals surface area contributed by atoms with Crippen molar-refractivity contribution in [2.45, 2.75) is 58.5 Å². The van der Waals surface area contributed by atoms with Crippen LogP contribution in [0.2, 0.25) is 0 Å². The van der Waals surface area contributed by atoms with Gasteiger partial charge in [0.25, 0.3) is 0 Å². The predicted molar refractivity (Wildman–Crippen MR) is 83.9 cm³/mol. The molecule has 0 atom stereocenters. The fourth-order valence-corrected chi connectivity index (χ4v) is 2.53. The Bertz CT molecular complexity index is 432. The molecule has 1 aliphatic rings. The quantitative estimate of drug-likeness (QED) is 0.801. The van der Waals surface area contributed by atoms with Crippen molar-refractivity contribution < 1.29 is 0 Å². The first-order valence-electron chi connectivity index (χ1n) is 7.61. The van der Waals surface area contributed by atoms with Crippen molar-refractivity contribution in [1.29, 1.82) is 0 Å². The van der Waals surface area contributed by atoms with E-state index in [2.05, 4.69) is 47.9 Å². The number of nitrogens with two attached hydrogens (primary N) is 1. The minimum Gasteiger partial charge on any atom is -0.384 e. The van der Waals surface area contributed by atoms with Crippen LogP contribution in [-0.2, 0) is 0 Å². The second-order valence-corrected chi connectivity index (χ2v) is 6.16. The molecule has 3 N–H and O–H groups in total. The number of rotatable bonds is 7. The first kappa shape index (κ1) is 15.0. The molecule has 1 aliphatic carbocycles. The zero-order valence-corrected chi connectivity index (χ0v) is 13.1. The van der Waals surface area contributed by atoms with E-state index in [-0.39, 0.29) is 0 Å². The molecule has 2 rings (SSSR count). The van der Waals surface area contributed by atoms with Crippen LogP contribution in [0.3, 0.4) is 0 Å². The van der Waals surface area contributed by atoms with Crippen LogP contribution in [0.15, 0.2) is 6.07 Å². The summed E-state index contributed by atoms with van der Waals surface area (Å²) in [4.78, 5) is 11.3. The first-order valence-corrected chi connectivity index (χ1v) is 7.61. The van der Waals surface area contributed by atoms with Crippen LogP contribution in [0, 0.1) is 0 Å². The molecule has 0 aromatic carbocycles. The van der Waals surface area contributed by atoms with Gasteiger partial charge in [-0.2, -0.15) is 0 Å². The van der Waals surface area contributed by atoms with Crippen LogP contribution in [0.25, 0.3) is 0 Å². The van der Waals surface area contributed by atoms with E-state index in [1.807, 2.05) is 6.07 Å². The van der Waals surface area contributed by atoms with Crippen molar-refractivity contribution in [3.8, 4) is 0 Å². The van der Waals surface area contributed by atoms with Gasteiger partial charge in [-0.05, 0) is 40.5 Å². The van der Waals surface area contributed by atoms with Crippen LogP contribution in [0.1, 0.15) is 52.3 Å². The molecule has 1 saturated carbocycles. The molecule has 1 heterocycles. The van der Waals surface area contributed by atoms with Gasteiger partial charge in [0.1, 0.15) is 17.5 Å². The third-order valence-electron chi connectivity index (χ3n) is 3.71. The van der Waals surface area contributed by atoms with Crippen molar-refractivity contribution in [2.75, 3.05) is 24.1 Å². The molecule has 0 radical (unpaired) electrons. The summed E-state index contributed by atoms with van der Waals surface area (Å²) in [6.07, 6.45) is 2.38. The maximum atomic E-state index is 5.85. The Hall–Kier alpha value is -1.36. The lowest BCUT2D eigenvalue weighted by molar-refractivity contribution is 0.182. The number of aromatic nitrogens is 2. The Labute approximate surface area is 122 Å². The Morgan fingerprint density at radius 2 is 1.90 bits per heavy atom. The summed E-state index contributed by atoms with van der Waals surface area (Å²) < 4.78 is 0. The molecule has 112 valence electrons. The fraction of sp³-hybridized carbons (Fsp3) is 0.733. The van der Waals surface area contributed by atoms with E-state index in [0.717, 1.165) is 24.7 Å². The Balaban J connectivity index is 1.90. The molecule has 0 spiro atoms. The standard InChI is InChI=1S/C15H27N5/c1-10(2)20(11(3)4)8-7-17-14-9-13(16)18-15(19-14)12-5-6-12/h9-12H,5-8H2,1-4H3,(H3,16,17,18,19). The van der Waals surface area contributed by atoms with Gasteiger partial charge in [0.05, 0.1) is 0 Å². The van der Waals surface area contributed by atoms with Gasteiger partial charge in [-0.25, -0.2) is 9.97 Å². The molecule has 0 aliphatic heterocycles. The Morgan fingerprint density at radius 1 is 1.25 bits per heavy atom. The van der Waals surface area contributed by atoms with E-state index in [1.165, 1.54) is 12.8 Å². The molecule has 0 amide bonds. The van der Waals surface area contributed by atoms with Crippen molar-refractivity contribution in [3.63, 3.8) is 0 Å². The summed E-state index contributed by atoms with van der Waals surface area (Å²) >= 11 is 0. The lowest BCUT2D eigenvalue weighted by Gasteiger charge is -2.30. The summed E-state index contributed by atoms with van der Waals surface area (Å²) in [5, 5.41) is 3.38. The Morgan fingerprint density at radius 3 is 2.45 bits per heavy atom. The van der Waals surface area contributed by atoms with Crippen molar-refractivity contribution in [2.24, 2.45) is 0 Å². The third kappa shape index (κ3) is 4.07. The number of nitrogens with zero attached hydrogens (tertiary/aromatic N) is 3. The van der Waals surface area contributed by atoms with Gasteiger partial charge in [0.2, 0.25) is 0 Å². The van der Waals surface area contributed by atoms with Crippen molar-refractivity contribution in [3.05, 3.63) is 11.9 Å². The smallest absolute Gasteiger partial charge is 0.136 e. The minimum absolute atomic E-state index is 0.530. The third-order valence-corrected chi connectivity index (χ3v) is 3.71. The topological polar surface area (TPSA) is 67.1 Å². The van der Waals surface area contributed by atoms with Crippen LogP contribution >= 0.6 is 0 Å². The summed E-state index contributed by atoms with van der Waals surface area (Å²) in [5.74, 6) is 2.85. The first-order chi connectivity index (χ1) is 9.47. The Kier molecular flexibility index (Phi) is 4.81. The van der Waals surface area contributed by atoms with Gasteiger partial charge in [-0.3, -0.25) is 4.90 Å². The number of nitrogens with one attached hydrogen (secondary N) is 1. The van der Waals surface area contributed by atoms with Gasteiger partial charge in [-0.15, -0.1) is 0 Å². The number of nitrogen functional groups attached to an aromatic ring is 1. The number of hydrogen-bond acceptors (Lipinski definition) is 5. The highest BCUT2D eigenvalue weighted by atomic mass is 15.2. The summed E-state index contributed by atoms with van der Waals surface area (Å²) in [7, 11) is 0. The summed E-state index contributed by atoms with van der Waals surface area (Å²) in [6.45, 7) is 10.8. The lowest BCUT2D eigenvalue weighted by atomic mass is 10.2. The molecule has 0 unspecified atom stereocenters. The van der Waals surface area contributed by atoms with Crippen molar-refractivity contribution >= 4 is 11.6 Å². The second-order valence-electron chi connectivity index (χ2n) is 6.16. The molecule has 5 nitrogen and oxygen atoms in total. The molecule has 1 aromatic heterocycles. The van der Waals surface area contributed by atoms with Gasteiger partial charge in [-0.1, -0.05) is 0 Å². The van der Waals surface area contributed by atoms with Crippen LogP contribution in [0.5, 0.6) is 0 Å². The second kappa shape index (κ2) is 6.39. The normalized spacial score (nSPS) is 15.3. The van der Waals surface area contributed by atoms with E-state index < -0.39 is 0 Å². The monoisotopic (exact) mass is 277 g/mol. The average Bonchev–Trinajstić information content (AvgIpc) is 3.17. The largest absolute Gasteiger partial charge is 0.384 e. The zero-order chi connectivity index (χ0) is 14.7. The van der Waals surface area contributed by atoms with Gasteiger partial charge < -0.3 is 11.1 Å². The molecule has 0 bridgehead atoms. The summed E-state index contributed by atoms with van der Waals surface area (Å²) in [5.41, 5.74) is 5.85. The molecule has 1 aromatic rings. The van der Waals surface area contributed by atoms with E-state index in [4.69, 9.17) is 5.73 Å². The highest BCUT2D eigenvalue weighted by molar-refractivity contribution is 5.45. The van der Waals surface area contributed by atoms with Crippen molar-refractivity contribution in [1.82, 2.24) is 14.9 Å². The van der Waals surface area contributed by atoms with Gasteiger partial charge >= 0.3 is 0 Å². The van der Waals surface area contributed by atoms with Crippen LogP contribution in [0.4, 0.5) is 11.6 Å². The molecule has 1 fully saturated rings. The predicted octanol–water partition coefficient (Wildman–Crippen LogP) is 2.47. The summed E-state index contributed by atoms with van der Waals surface area (Å²) in [6, 6.07) is 2.92. The van der Waals surface area contributed by atoms with E-state index in [0.29, 0.717) is 23.8 Å². The maximum Gasteiger partial charge on any atom is 0.136 e. The number of anilines is 2.